The van der Waals surface area contributed by atoms with Crippen LogP contribution in [-0.4, -0.2) is 40.9 Å². The second kappa shape index (κ2) is 10.6. The number of amides is 2. The van der Waals surface area contributed by atoms with Crippen molar-refractivity contribution >= 4 is 18.0 Å². The standard InChI is InChI=1S/C21H21NO7/c1-2-28-17(12-13-18(24)25)19(14-8-10-16(23)11-9-14)29-21(27)22-20(26)15-6-4-3-5-7-15/h3-13,17,19,23H,2H2,1H3,(H,24,25)(H,22,26,27)/b13-12+/t17-,19-/m0/s1. The van der Waals surface area contributed by atoms with E-state index in [1.165, 1.54) is 30.3 Å². The molecule has 0 radical (unpaired) electrons. The van der Waals surface area contributed by atoms with Gasteiger partial charge in [-0.15, -0.1) is 0 Å². The number of aromatic hydroxyl groups is 1. The maximum absolute atomic E-state index is 12.3. The van der Waals surface area contributed by atoms with Crippen LogP contribution in [0.3, 0.4) is 0 Å². The lowest BCUT2D eigenvalue weighted by molar-refractivity contribution is -0.131. The van der Waals surface area contributed by atoms with E-state index >= 15 is 0 Å². The van der Waals surface area contributed by atoms with E-state index in [1.807, 2.05) is 0 Å². The van der Waals surface area contributed by atoms with Gasteiger partial charge in [-0.3, -0.25) is 10.1 Å². The molecule has 29 heavy (non-hydrogen) atoms. The van der Waals surface area contributed by atoms with E-state index < -0.39 is 30.2 Å². The number of carbonyl (C=O) groups excluding carboxylic acids is 2. The normalized spacial score (nSPS) is 12.9. The van der Waals surface area contributed by atoms with Crippen LogP contribution in [0.4, 0.5) is 4.79 Å². The van der Waals surface area contributed by atoms with Crippen LogP contribution in [0.25, 0.3) is 0 Å². The van der Waals surface area contributed by atoms with Crippen molar-refractivity contribution in [2.75, 3.05) is 6.61 Å². The molecule has 3 N–H and O–H groups in total. The Bertz CT molecular complexity index is 862. The van der Waals surface area contributed by atoms with Gasteiger partial charge in [0.25, 0.3) is 5.91 Å². The molecule has 0 fully saturated rings. The van der Waals surface area contributed by atoms with Gasteiger partial charge in [0.2, 0.25) is 0 Å². The molecule has 8 nitrogen and oxygen atoms in total. The van der Waals surface area contributed by atoms with E-state index in [0.717, 1.165) is 6.08 Å². The van der Waals surface area contributed by atoms with Crippen LogP contribution < -0.4 is 5.32 Å². The fourth-order valence-corrected chi connectivity index (χ4v) is 2.50. The van der Waals surface area contributed by atoms with Gasteiger partial charge in [0.05, 0.1) is 0 Å². The number of benzene rings is 2. The lowest BCUT2D eigenvalue weighted by Crippen LogP contribution is -2.35. The van der Waals surface area contributed by atoms with Gasteiger partial charge in [0, 0.05) is 18.2 Å². The van der Waals surface area contributed by atoms with E-state index in [1.54, 1.807) is 37.3 Å². The highest BCUT2D eigenvalue weighted by molar-refractivity contribution is 6.02. The highest BCUT2D eigenvalue weighted by Crippen LogP contribution is 2.26. The Kier molecular flexibility index (Phi) is 7.93. The maximum atomic E-state index is 12.3. The van der Waals surface area contributed by atoms with E-state index in [2.05, 4.69) is 5.32 Å². The van der Waals surface area contributed by atoms with Crippen molar-refractivity contribution in [2.24, 2.45) is 0 Å². The summed E-state index contributed by atoms with van der Waals surface area (Å²) in [5.41, 5.74) is 0.719. The third-order valence-corrected chi connectivity index (χ3v) is 3.79. The molecule has 0 aromatic heterocycles. The number of imide groups is 1. The first-order chi connectivity index (χ1) is 13.9. The van der Waals surface area contributed by atoms with Gasteiger partial charge in [-0.1, -0.05) is 30.3 Å². The number of rotatable bonds is 8. The molecule has 2 atom stereocenters. The summed E-state index contributed by atoms with van der Waals surface area (Å²) in [6.07, 6.45) is -0.891. The number of hydrogen-bond donors (Lipinski definition) is 3. The number of carbonyl (C=O) groups is 3. The van der Waals surface area contributed by atoms with Crippen molar-refractivity contribution in [2.45, 2.75) is 19.1 Å². The van der Waals surface area contributed by atoms with Crippen LogP contribution in [-0.2, 0) is 14.3 Å². The number of nitrogens with one attached hydrogen (secondary N) is 1. The van der Waals surface area contributed by atoms with Gasteiger partial charge >= 0.3 is 12.1 Å². The average molecular weight is 399 g/mol. The first kappa shape index (κ1) is 21.6. The Labute approximate surface area is 167 Å². The summed E-state index contributed by atoms with van der Waals surface area (Å²) in [6.45, 7) is 1.92. The molecule has 0 bridgehead atoms. The minimum Gasteiger partial charge on any atom is -0.508 e. The van der Waals surface area contributed by atoms with Crippen molar-refractivity contribution in [3.63, 3.8) is 0 Å². The van der Waals surface area contributed by atoms with E-state index in [0.29, 0.717) is 5.56 Å². The fourth-order valence-electron chi connectivity index (χ4n) is 2.50. The summed E-state index contributed by atoms with van der Waals surface area (Å²) in [5.74, 6) is -1.83. The van der Waals surface area contributed by atoms with Gasteiger partial charge in [-0.25, -0.2) is 9.59 Å². The Morgan fingerprint density at radius 1 is 1.07 bits per heavy atom. The first-order valence-corrected chi connectivity index (χ1v) is 8.79. The Balaban J connectivity index is 2.23. The first-order valence-electron chi connectivity index (χ1n) is 8.79. The SMILES string of the molecule is CCO[C@@H](/C=C/C(=O)O)[C@@H](OC(=O)NC(=O)c1ccccc1)c1ccc(O)cc1. The van der Waals surface area contributed by atoms with Crippen LogP contribution in [0.1, 0.15) is 28.9 Å². The predicted molar refractivity (Wildman–Crippen MR) is 103 cm³/mol. The van der Waals surface area contributed by atoms with Gasteiger partial charge < -0.3 is 19.7 Å². The summed E-state index contributed by atoms with van der Waals surface area (Å²) in [6, 6.07) is 13.9. The zero-order valence-corrected chi connectivity index (χ0v) is 15.6. The van der Waals surface area contributed by atoms with Crippen molar-refractivity contribution in [1.82, 2.24) is 5.32 Å². The number of phenols is 1. The third kappa shape index (κ3) is 6.78. The molecule has 2 aromatic rings. The van der Waals surface area contributed by atoms with E-state index in [4.69, 9.17) is 14.6 Å². The van der Waals surface area contributed by atoms with Crippen LogP contribution >= 0.6 is 0 Å². The summed E-state index contributed by atoms with van der Waals surface area (Å²) < 4.78 is 10.9. The minimum absolute atomic E-state index is 0.00486. The molecule has 2 amide bonds. The zero-order valence-electron chi connectivity index (χ0n) is 15.6. The molecular weight excluding hydrogens is 378 g/mol. The summed E-state index contributed by atoms with van der Waals surface area (Å²) in [4.78, 5) is 35.4. The second-order valence-corrected chi connectivity index (χ2v) is 5.85. The van der Waals surface area contributed by atoms with Crippen molar-refractivity contribution in [1.29, 1.82) is 0 Å². The smallest absolute Gasteiger partial charge is 0.414 e. The zero-order chi connectivity index (χ0) is 21.2. The molecule has 0 aliphatic carbocycles. The molecule has 0 saturated heterocycles. The number of hydrogen-bond acceptors (Lipinski definition) is 6. The lowest BCUT2D eigenvalue weighted by Gasteiger charge is -2.25. The predicted octanol–water partition coefficient (Wildman–Crippen LogP) is 3.05. The van der Waals surface area contributed by atoms with Gasteiger partial charge in [-0.2, -0.15) is 0 Å². The highest BCUT2D eigenvalue weighted by atomic mass is 16.6. The van der Waals surface area contributed by atoms with Crippen molar-refractivity contribution in [3.8, 4) is 5.75 Å². The summed E-state index contributed by atoms with van der Waals surface area (Å²) in [7, 11) is 0. The fraction of sp³-hybridized carbons (Fsp3) is 0.190. The molecule has 0 heterocycles. The molecule has 152 valence electrons. The number of ether oxygens (including phenoxy) is 2. The molecule has 0 aliphatic rings. The Morgan fingerprint density at radius 3 is 2.31 bits per heavy atom. The van der Waals surface area contributed by atoms with Gasteiger partial charge in [-0.05, 0) is 42.8 Å². The number of alkyl carbamates (subject to hydrolysis) is 1. The summed E-state index contributed by atoms with van der Waals surface area (Å²) in [5, 5.41) is 20.5. The maximum Gasteiger partial charge on any atom is 0.414 e. The Morgan fingerprint density at radius 2 is 1.72 bits per heavy atom. The molecule has 2 rings (SSSR count). The largest absolute Gasteiger partial charge is 0.508 e. The highest BCUT2D eigenvalue weighted by Gasteiger charge is 2.27. The molecule has 0 spiro atoms. The van der Waals surface area contributed by atoms with E-state index in [9.17, 15) is 19.5 Å². The number of carboxylic acids is 1. The Hall–Kier alpha value is -3.65. The van der Waals surface area contributed by atoms with Crippen molar-refractivity contribution in [3.05, 3.63) is 77.9 Å². The number of carboxylic acid groups (broad SMARTS) is 1. The lowest BCUT2D eigenvalue weighted by atomic mass is 10.0. The molecule has 0 saturated carbocycles. The molecule has 0 unspecified atom stereocenters. The van der Waals surface area contributed by atoms with Gasteiger partial charge in [0.15, 0.2) is 6.10 Å². The third-order valence-electron chi connectivity index (χ3n) is 3.79. The second-order valence-electron chi connectivity index (χ2n) is 5.85. The molecule has 0 aliphatic heterocycles. The van der Waals surface area contributed by atoms with Gasteiger partial charge in [0.1, 0.15) is 11.9 Å². The summed E-state index contributed by atoms with van der Waals surface area (Å²) >= 11 is 0. The number of aliphatic carboxylic acids is 1. The van der Waals surface area contributed by atoms with Crippen LogP contribution in [0.15, 0.2) is 66.7 Å². The minimum atomic E-state index is -1.19. The monoisotopic (exact) mass is 399 g/mol. The van der Waals surface area contributed by atoms with E-state index in [-0.39, 0.29) is 17.9 Å². The van der Waals surface area contributed by atoms with Crippen LogP contribution in [0.2, 0.25) is 0 Å². The average Bonchev–Trinajstić information content (AvgIpc) is 2.71. The quantitative estimate of drug-likeness (QED) is 0.583. The topological polar surface area (TPSA) is 122 Å². The van der Waals surface area contributed by atoms with Crippen LogP contribution in [0.5, 0.6) is 5.75 Å². The molecule has 8 heteroatoms. The molecular formula is C21H21NO7. The van der Waals surface area contributed by atoms with Crippen LogP contribution in [0, 0.1) is 0 Å². The number of phenolic OH excluding ortho intramolecular Hbond substituents is 1. The molecule has 2 aromatic carbocycles. The van der Waals surface area contributed by atoms with Crippen molar-refractivity contribution < 1.29 is 34.1 Å².